The first-order valence-corrected chi connectivity index (χ1v) is 7.14. The van der Waals surface area contributed by atoms with E-state index in [0.29, 0.717) is 13.1 Å². The minimum Gasteiger partial charge on any atom is -0.455 e. The molecule has 118 valence electrons. The maximum Gasteiger partial charge on any atom is 0.300 e. The zero-order chi connectivity index (χ0) is 15.5. The minimum absolute atomic E-state index is 0.230. The fourth-order valence-corrected chi connectivity index (χ4v) is 2.53. The van der Waals surface area contributed by atoms with Gasteiger partial charge in [0.2, 0.25) is 0 Å². The smallest absolute Gasteiger partial charge is 0.300 e. The molecule has 0 atom stereocenters. The number of rotatable bonds is 5. The molecule has 7 nitrogen and oxygen atoms in total. The summed E-state index contributed by atoms with van der Waals surface area (Å²) in [6.45, 7) is 8.67. The van der Waals surface area contributed by atoms with Gasteiger partial charge in [-0.05, 0) is 26.0 Å². The van der Waals surface area contributed by atoms with Crippen molar-refractivity contribution >= 4 is 5.91 Å². The number of amides is 1. The second-order valence-corrected chi connectivity index (χ2v) is 6.10. The van der Waals surface area contributed by atoms with Crippen molar-refractivity contribution < 1.29 is 14.3 Å². The highest BCUT2D eigenvalue weighted by atomic mass is 16.4. The average Bonchev–Trinajstić information content (AvgIpc) is 2.87. The van der Waals surface area contributed by atoms with E-state index in [1.165, 1.54) is 0 Å². The molecular formula is C14H24N4O3. The Morgan fingerprint density at radius 2 is 1.95 bits per heavy atom. The normalized spacial score (nSPS) is 17.9. The van der Waals surface area contributed by atoms with Gasteiger partial charge in [0.1, 0.15) is 5.76 Å². The number of nitrogens with zero attached hydrogens (tertiary/aromatic N) is 2. The molecule has 0 bridgehead atoms. The third kappa shape index (κ3) is 4.82. The standard InChI is InChI=1S/C14H24N4O3/c1-14(2,20)10-18-7-5-17(6-8-18)9-11-3-4-12(21-11)13(19)16-15/h3-4,20H,5-10,15H2,1-2H3,(H,16,19). The number of hydrogen-bond acceptors (Lipinski definition) is 6. The van der Waals surface area contributed by atoms with E-state index >= 15 is 0 Å². The lowest BCUT2D eigenvalue weighted by atomic mass is 10.1. The predicted octanol–water partition coefficient (Wildman–Crippen LogP) is -0.228. The van der Waals surface area contributed by atoms with Crippen LogP contribution in [0.5, 0.6) is 0 Å². The number of nitrogen functional groups attached to an aromatic ring is 1. The van der Waals surface area contributed by atoms with Crippen molar-refractivity contribution in [2.75, 3.05) is 32.7 Å². The molecule has 1 aromatic rings. The zero-order valence-corrected chi connectivity index (χ0v) is 12.6. The van der Waals surface area contributed by atoms with Crippen LogP contribution in [-0.4, -0.2) is 59.1 Å². The molecule has 2 rings (SSSR count). The number of hydrogen-bond donors (Lipinski definition) is 3. The summed E-state index contributed by atoms with van der Waals surface area (Å²) in [5, 5.41) is 9.83. The highest BCUT2D eigenvalue weighted by Crippen LogP contribution is 2.13. The predicted molar refractivity (Wildman–Crippen MR) is 78.4 cm³/mol. The van der Waals surface area contributed by atoms with Crippen molar-refractivity contribution in [1.82, 2.24) is 15.2 Å². The van der Waals surface area contributed by atoms with Crippen LogP contribution < -0.4 is 11.3 Å². The Hall–Kier alpha value is -1.41. The van der Waals surface area contributed by atoms with E-state index in [2.05, 4.69) is 9.80 Å². The number of piperazine rings is 1. The van der Waals surface area contributed by atoms with Gasteiger partial charge in [-0.15, -0.1) is 0 Å². The molecule has 1 aliphatic heterocycles. The monoisotopic (exact) mass is 296 g/mol. The molecule has 21 heavy (non-hydrogen) atoms. The van der Waals surface area contributed by atoms with Crippen molar-refractivity contribution in [1.29, 1.82) is 0 Å². The van der Waals surface area contributed by atoms with E-state index in [1.807, 2.05) is 19.3 Å². The molecule has 2 heterocycles. The van der Waals surface area contributed by atoms with Gasteiger partial charge in [-0.2, -0.15) is 0 Å². The van der Waals surface area contributed by atoms with Gasteiger partial charge in [-0.25, -0.2) is 5.84 Å². The van der Waals surface area contributed by atoms with Gasteiger partial charge in [0.05, 0.1) is 12.1 Å². The molecule has 1 fully saturated rings. The molecule has 1 saturated heterocycles. The Kier molecular flexibility index (Phi) is 5.00. The van der Waals surface area contributed by atoms with Crippen molar-refractivity contribution in [2.24, 2.45) is 5.84 Å². The Labute approximate surface area is 124 Å². The summed E-state index contributed by atoms with van der Waals surface area (Å²) in [7, 11) is 0. The largest absolute Gasteiger partial charge is 0.455 e. The van der Waals surface area contributed by atoms with Gasteiger partial charge >= 0.3 is 5.91 Å². The lowest BCUT2D eigenvalue weighted by molar-refractivity contribution is 0.0158. The molecule has 7 heteroatoms. The van der Waals surface area contributed by atoms with Crippen molar-refractivity contribution in [3.8, 4) is 0 Å². The lowest BCUT2D eigenvalue weighted by Crippen LogP contribution is -2.50. The molecule has 4 N–H and O–H groups in total. The van der Waals surface area contributed by atoms with Crippen LogP contribution >= 0.6 is 0 Å². The highest BCUT2D eigenvalue weighted by Gasteiger charge is 2.23. The number of hydrazine groups is 1. The number of β-amino-alcohol motifs (C(OH)–C–C–N with tert-alkyl or cyclic N) is 1. The van der Waals surface area contributed by atoms with Crippen LogP contribution in [0, 0.1) is 0 Å². The molecule has 0 spiro atoms. The molecule has 1 aliphatic rings. The number of nitrogens with two attached hydrogens (primary N) is 1. The first-order valence-electron chi connectivity index (χ1n) is 7.14. The van der Waals surface area contributed by atoms with Gasteiger partial charge in [-0.3, -0.25) is 20.0 Å². The van der Waals surface area contributed by atoms with Gasteiger partial charge in [0.25, 0.3) is 0 Å². The van der Waals surface area contributed by atoms with Gasteiger partial charge < -0.3 is 9.52 Å². The lowest BCUT2D eigenvalue weighted by Gasteiger charge is -2.36. The Bertz CT molecular complexity index is 473. The molecule has 0 aliphatic carbocycles. The summed E-state index contributed by atoms with van der Waals surface area (Å²) >= 11 is 0. The van der Waals surface area contributed by atoms with Gasteiger partial charge in [0, 0.05) is 32.7 Å². The second-order valence-electron chi connectivity index (χ2n) is 6.10. The van der Waals surface area contributed by atoms with E-state index in [0.717, 1.165) is 31.9 Å². The number of carbonyl (C=O) groups is 1. The topological polar surface area (TPSA) is 95.0 Å². The molecular weight excluding hydrogens is 272 g/mol. The van der Waals surface area contributed by atoms with Gasteiger partial charge in [-0.1, -0.05) is 0 Å². The molecule has 1 aromatic heterocycles. The van der Waals surface area contributed by atoms with E-state index in [-0.39, 0.29) is 5.76 Å². The Morgan fingerprint density at radius 1 is 1.33 bits per heavy atom. The summed E-state index contributed by atoms with van der Waals surface area (Å²) in [6, 6.07) is 3.43. The van der Waals surface area contributed by atoms with Gasteiger partial charge in [0.15, 0.2) is 5.76 Å². The molecule has 1 amide bonds. The third-order valence-electron chi connectivity index (χ3n) is 3.47. The molecule has 0 unspecified atom stereocenters. The summed E-state index contributed by atoms with van der Waals surface area (Å²) in [5.41, 5.74) is 1.39. The van der Waals surface area contributed by atoms with E-state index in [9.17, 15) is 9.90 Å². The van der Waals surface area contributed by atoms with Crippen LogP contribution in [0.25, 0.3) is 0 Å². The summed E-state index contributed by atoms with van der Waals surface area (Å²) in [4.78, 5) is 15.8. The van der Waals surface area contributed by atoms with E-state index in [4.69, 9.17) is 10.3 Å². The maximum absolute atomic E-state index is 11.3. The number of carbonyl (C=O) groups excluding carboxylic acids is 1. The number of aliphatic hydroxyl groups is 1. The maximum atomic E-state index is 11.3. The van der Waals surface area contributed by atoms with Crippen LogP contribution in [0.1, 0.15) is 30.2 Å². The van der Waals surface area contributed by atoms with Crippen molar-refractivity contribution in [3.05, 3.63) is 23.7 Å². The summed E-state index contributed by atoms with van der Waals surface area (Å²) < 4.78 is 5.46. The first-order chi connectivity index (χ1) is 9.87. The van der Waals surface area contributed by atoms with E-state index in [1.54, 1.807) is 12.1 Å². The van der Waals surface area contributed by atoms with E-state index < -0.39 is 11.5 Å². The van der Waals surface area contributed by atoms with Crippen LogP contribution in [0.15, 0.2) is 16.5 Å². The first kappa shape index (κ1) is 16.0. The molecule has 0 saturated carbocycles. The Balaban J connectivity index is 1.81. The fourth-order valence-electron chi connectivity index (χ4n) is 2.53. The average molecular weight is 296 g/mol. The highest BCUT2D eigenvalue weighted by molar-refractivity contribution is 5.90. The van der Waals surface area contributed by atoms with Crippen molar-refractivity contribution in [2.45, 2.75) is 26.0 Å². The quantitative estimate of drug-likeness (QED) is 0.395. The molecule has 0 radical (unpaired) electrons. The fraction of sp³-hybridized carbons (Fsp3) is 0.643. The SMILES string of the molecule is CC(C)(O)CN1CCN(Cc2ccc(C(=O)NN)o2)CC1. The van der Waals surface area contributed by atoms with Crippen LogP contribution in [0.2, 0.25) is 0 Å². The third-order valence-corrected chi connectivity index (χ3v) is 3.47. The molecule has 0 aromatic carbocycles. The summed E-state index contributed by atoms with van der Waals surface area (Å²) in [5.74, 6) is 5.63. The van der Waals surface area contributed by atoms with Crippen molar-refractivity contribution in [3.63, 3.8) is 0 Å². The summed E-state index contributed by atoms with van der Waals surface area (Å²) in [6.07, 6.45) is 0. The minimum atomic E-state index is -0.659. The Morgan fingerprint density at radius 3 is 2.52 bits per heavy atom. The second kappa shape index (κ2) is 6.57. The zero-order valence-electron chi connectivity index (χ0n) is 12.6. The number of furan rings is 1. The van der Waals surface area contributed by atoms with Crippen LogP contribution in [0.3, 0.4) is 0 Å². The number of nitrogens with one attached hydrogen (secondary N) is 1. The van der Waals surface area contributed by atoms with Crippen LogP contribution in [-0.2, 0) is 6.54 Å². The van der Waals surface area contributed by atoms with Crippen LogP contribution in [0.4, 0.5) is 0 Å².